The lowest BCUT2D eigenvalue weighted by molar-refractivity contribution is 0.303. The summed E-state index contributed by atoms with van der Waals surface area (Å²) in [5.41, 5.74) is 2.57. The van der Waals surface area contributed by atoms with E-state index in [0.717, 1.165) is 17.5 Å². The smallest absolute Gasteiger partial charge is 0.202 e. The molecule has 1 aromatic carbocycles. The molecule has 0 aliphatic heterocycles. The van der Waals surface area contributed by atoms with Crippen molar-refractivity contribution in [1.82, 2.24) is 4.98 Å². The molecule has 0 bridgehead atoms. The Hall–Kier alpha value is -1.84. The molecule has 1 heterocycles. The van der Waals surface area contributed by atoms with E-state index in [1.165, 1.54) is 56.9 Å². The van der Waals surface area contributed by atoms with Crippen LogP contribution in [0.1, 0.15) is 80.9 Å². The number of rotatable bonds is 8. The minimum atomic E-state index is -1.38. The summed E-state index contributed by atoms with van der Waals surface area (Å²) in [5.74, 6) is -1.86. The minimum Gasteiger partial charge on any atom is -0.202 e. The zero-order chi connectivity index (χ0) is 19.9. The van der Waals surface area contributed by atoms with E-state index in [-0.39, 0.29) is 5.56 Å². The molecule has 0 unspecified atom stereocenters. The van der Waals surface area contributed by atoms with Gasteiger partial charge in [0.05, 0.1) is 0 Å². The van der Waals surface area contributed by atoms with Crippen LogP contribution in [0.2, 0.25) is 0 Å². The van der Waals surface area contributed by atoms with Crippen LogP contribution in [0.15, 0.2) is 30.3 Å². The molecule has 28 heavy (non-hydrogen) atoms. The molecular weight excluding hydrogens is 359 g/mol. The van der Waals surface area contributed by atoms with Gasteiger partial charge in [-0.15, -0.1) is 0 Å². The summed E-state index contributed by atoms with van der Waals surface area (Å²) < 4.78 is 39.8. The predicted molar refractivity (Wildman–Crippen MR) is 107 cm³/mol. The number of pyridine rings is 1. The summed E-state index contributed by atoms with van der Waals surface area (Å²) in [6, 6.07) is 9.42. The summed E-state index contributed by atoms with van der Waals surface area (Å²) in [7, 11) is 0. The summed E-state index contributed by atoms with van der Waals surface area (Å²) in [6.45, 7) is 2.26. The van der Waals surface area contributed by atoms with Crippen molar-refractivity contribution in [1.29, 1.82) is 0 Å². The maximum absolute atomic E-state index is 13.7. The van der Waals surface area contributed by atoms with Crippen LogP contribution < -0.4 is 0 Å². The van der Waals surface area contributed by atoms with E-state index in [0.29, 0.717) is 18.8 Å². The number of nitrogens with zero attached hydrogens (tertiary/aromatic N) is 1. The normalized spacial score (nSPS) is 19.7. The third-order valence-corrected chi connectivity index (χ3v) is 6.16. The van der Waals surface area contributed by atoms with E-state index < -0.39 is 17.7 Å². The number of aromatic nitrogens is 1. The summed E-state index contributed by atoms with van der Waals surface area (Å²) in [5, 5.41) is 0. The van der Waals surface area contributed by atoms with Gasteiger partial charge in [-0.3, -0.25) is 0 Å². The quantitative estimate of drug-likeness (QED) is 0.345. The van der Waals surface area contributed by atoms with Gasteiger partial charge < -0.3 is 0 Å². The van der Waals surface area contributed by atoms with Crippen LogP contribution in [0, 0.1) is 23.6 Å². The highest BCUT2D eigenvalue weighted by Crippen LogP contribution is 2.37. The average molecular weight is 390 g/mol. The minimum absolute atomic E-state index is 0.115. The Labute approximate surface area is 166 Å². The van der Waals surface area contributed by atoms with Crippen LogP contribution in [-0.2, 0) is 12.8 Å². The number of aryl methyl sites for hydroxylation is 2. The van der Waals surface area contributed by atoms with Crippen LogP contribution in [0.5, 0.6) is 0 Å². The van der Waals surface area contributed by atoms with E-state index in [1.807, 2.05) is 0 Å². The fourth-order valence-corrected chi connectivity index (χ4v) is 4.36. The van der Waals surface area contributed by atoms with Crippen LogP contribution in [0.3, 0.4) is 0 Å². The van der Waals surface area contributed by atoms with Crippen molar-refractivity contribution >= 4 is 0 Å². The molecule has 152 valence electrons. The molecule has 0 amide bonds. The van der Waals surface area contributed by atoms with Gasteiger partial charge >= 0.3 is 0 Å². The van der Waals surface area contributed by atoms with Crippen molar-refractivity contribution < 1.29 is 13.2 Å². The lowest BCUT2D eigenvalue weighted by Gasteiger charge is -2.29. The third-order valence-electron chi connectivity index (χ3n) is 6.16. The van der Waals surface area contributed by atoms with Gasteiger partial charge in [0.1, 0.15) is 0 Å². The fraction of sp³-hybridized carbons (Fsp3) is 0.542. The lowest BCUT2D eigenvalue weighted by Crippen LogP contribution is -2.13. The van der Waals surface area contributed by atoms with Gasteiger partial charge in [0.2, 0.25) is 5.95 Å². The zero-order valence-electron chi connectivity index (χ0n) is 16.7. The second kappa shape index (κ2) is 10.1. The molecule has 0 N–H and O–H groups in total. The first-order chi connectivity index (χ1) is 13.6. The predicted octanol–water partition coefficient (Wildman–Crippen LogP) is 7.14. The van der Waals surface area contributed by atoms with Crippen molar-refractivity contribution in [3.05, 3.63) is 64.7 Å². The first-order valence-electron chi connectivity index (χ1n) is 10.7. The Morgan fingerprint density at radius 3 is 2.29 bits per heavy atom. The molecule has 3 rings (SSSR count). The van der Waals surface area contributed by atoms with Gasteiger partial charge in [-0.1, -0.05) is 56.9 Å². The first-order valence-corrected chi connectivity index (χ1v) is 10.7. The Morgan fingerprint density at radius 2 is 1.61 bits per heavy atom. The monoisotopic (exact) mass is 389 g/mol. The maximum atomic E-state index is 13.7. The maximum Gasteiger partial charge on any atom is 0.251 e. The van der Waals surface area contributed by atoms with Crippen molar-refractivity contribution in [3.63, 3.8) is 0 Å². The average Bonchev–Trinajstić information content (AvgIpc) is 2.71. The van der Waals surface area contributed by atoms with Gasteiger partial charge in [0, 0.05) is 5.56 Å². The number of unbranched alkanes of at least 4 members (excludes halogenated alkanes) is 2. The van der Waals surface area contributed by atoms with E-state index in [1.54, 1.807) is 0 Å². The molecule has 1 nitrogen and oxygen atoms in total. The standard InChI is InChI=1S/C24H30F3N/c1-2-3-4-5-17-6-11-19(12-7-17)20-13-8-18(9-14-20)10-15-21-16-22(25)24(27)28-23(21)26/h8-9,13-14,16-17,19H,2-7,10-12,15H2,1H3. The zero-order valence-corrected chi connectivity index (χ0v) is 16.7. The van der Waals surface area contributed by atoms with Gasteiger partial charge in [-0.25, -0.2) is 4.39 Å². The molecule has 0 saturated heterocycles. The van der Waals surface area contributed by atoms with E-state index >= 15 is 0 Å². The Kier molecular flexibility index (Phi) is 7.52. The topological polar surface area (TPSA) is 12.9 Å². The molecule has 1 fully saturated rings. The lowest BCUT2D eigenvalue weighted by atomic mass is 9.77. The highest BCUT2D eigenvalue weighted by molar-refractivity contribution is 5.27. The molecule has 0 spiro atoms. The molecule has 0 radical (unpaired) electrons. The van der Waals surface area contributed by atoms with Gasteiger partial charge in [-0.05, 0) is 67.6 Å². The van der Waals surface area contributed by atoms with Gasteiger partial charge in [-0.2, -0.15) is 13.8 Å². The second-order valence-electron chi connectivity index (χ2n) is 8.17. The molecular formula is C24H30F3N. The SMILES string of the molecule is CCCCCC1CCC(c2ccc(CCc3cc(F)c(F)nc3F)cc2)CC1. The highest BCUT2D eigenvalue weighted by atomic mass is 19.2. The fourth-order valence-electron chi connectivity index (χ4n) is 4.36. The Balaban J connectivity index is 1.50. The van der Waals surface area contributed by atoms with Crippen molar-refractivity contribution in [3.8, 4) is 0 Å². The number of hydrogen-bond donors (Lipinski definition) is 0. The number of hydrogen-bond acceptors (Lipinski definition) is 1. The van der Waals surface area contributed by atoms with Crippen molar-refractivity contribution in [2.75, 3.05) is 0 Å². The molecule has 4 heteroatoms. The number of halogens is 3. The van der Waals surface area contributed by atoms with Crippen LogP contribution in [0.25, 0.3) is 0 Å². The third kappa shape index (κ3) is 5.59. The molecule has 1 saturated carbocycles. The van der Waals surface area contributed by atoms with Crippen LogP contribution in [0.4, 0.5) is 13.2 Å². The van der Waals surface area contributed by atoms with Crippen molar-refractivity contribution in [2.24, 2.45) is 5.92 Å². The van der Waals surface area contributed by atoms with Gasteiger partial charge in [0.25, 0.3) is 5.95 Å². The Bertz CT molecular complexity index is 749. The van der Waals surface area contributed by atoms with Crippen molar-refractivity contribution in [2.45, 2.75) is 77.0 Å². The molecule has 2 aromatic rings. The Morgan fingerprint density at radius 1 is 0.893 bits per heavy atom. The van der Waals surface area contributed by atoms with E-state index in [2.05, 4.69) is 36.2 Å². The molecule has 1 aliphatic rings. The molecule has 0 atom stereocenters. The number of benzene rings is 1. The summed E-state index contributed by atoms with van der Waals surface area (Å²) in [4.78, 5) is 2.98. The second-order valence-corrected chi connectivity index (χ2v) is 8.17. The van der Waals surface area contributed by atoms with E-state index in [9.17, 15) is 13.2 Å². The summed E-state index contributed by atoms with van der Waals surface area (Å²) in [6.07, 6.45) is 11.5. The molecule has 1 aromatic heterocycles. The largest absolute Gasteiger partial charge is 0.251 e. The van der Waals surface area contributed by atoms with Crippen LogP contribution >= 0.6 is 0 Å². The van der Waals surface area contributed by atoms with E-state index in [4.69, 9.17) is 0 Å². The molecule has 1 aliphatic carbocycles. The first kappa shape index (κ1) is 20.9. The summed E-state index contributed by atoms with van der Waals surface area (Å²) >= 11 is 0. The van der Waals surface area contributed by atoms with Gasteiger partial charge in [0.15, 0.2) is 5.82 Å². The highest BCUT2D eigenvalue weighted by Gasteiger charge is 2.22. The van der Waals surface area contributed by atoms with Crippen LogP contribution in [-0.4, -0.2) is 4.98 Å².